The Bertz CT molecular complexity index is 573. The van der Waals surface area contributed by atoms with Crippen molar-refractivity contribution in [2.24, 2.45) is 0 Å². The van der Waals surface area contributed by atoms with Gasteiger partial charge in [-0.1, -0.05) is 5.16 Å². The molecule has 3 rings (SSSR count). The molecule has 1 aromatic heterocycles. The van der Waals surface area contributed by atoms with Gasteiger partial charge in [0.15, 0.2) is 5.82 Å². The van der Waals surface area contributed by atoms with E-state index in [1.54, 1.807) is 0 Å². The van der Waals surface area contributed by atoms with Crippen molar-refractivity contribution in [3.8, 4) is 0 Å². The molecule has 7 nitrogen and oxygen atoms in total. The van der Waals surface area contributed by atoms with Gasteiger partial charge in [0.2, 0.25) is 15.9 Å². The minimum Gasteiger partial charge on any atom is -0.338 e. The highest BCUT2D eigenvalue weighted by atomic mass is 32.2. The van der Waals surface area contributed by atoms with Gasteiger partial charge in [-0.2, -0.15) is 9.29 Å². The largest absolute Gasteiger partial charge is 0.338 e. The molecule has 2 heterocycles. The molecule has 20 heavy (non-hydrogen) atoms. The van der Waals surface area contributed by atoms with Crippen molar-refractivity contribution in [3.63, 3.8) is 0 Å². The van der Waals surface area contributed by atoms with Crippen LogP contribution in [0, 0.1) is 0 Å². The second-order valence-corrected chi connectivity index (χ2v) is 7.62. The van der Waals surface area contributed by atoms with E-state index in [4.69, 9.17) is 4.52 Å². The maximum atomic E-state index is 11.5. The number of aromatic nitrogens is 2. The van der Waals surface area contributed by atoms with Gasteiger partial charge in [0.25, 0.3) is 0 Å². The highest BCUT2D eigenvalue weighted by Crippen LogP contribution is 2.38. The van der Waals surface area contributed by atoms with Crippen molar-refractivity contribution in [1.29, 1.82) is 0 Å². The lowest BCUT2D eigenvalue weighted by atomic mass is 10.2. The van der Waals surface area contributed by atoms with Gasteiger partial charge in [-0.05, 0) is 19.8 Å². The van der Waals surface area contributed by atoms with Crippen molar-refractivity contribution in [2.75, 3.05) is 32.4 Å². The smallest absolute Gasteiger partial charge is 0.243 e. The third-order valence-corrected chi connectivity index (χ3v) is 5.35. The van der Waals surface area contributed by atoms with Crippen LogP contribution < -0.4 is 0 Å². The zero-order chi connectivity index (χ0) is 14.3. The van der Waals surface area contributed by atoms with Gasteiger partial charge in [0.1, 0.15) is 0 Å². The molecule has 0 aromatic carbocycles. The van der Waals surface area contributed by atoms with Gasteiger partial charge in [-0.25, -0.2) is 8.42 Å². The minimum atomic E-state index is -3.08. The molecule has 1 aromatic rings. The average molecular weight is 300 g/mol. The molecule has 8 heteroatoms. The molecule has 1 aliphatic carbocycles. The minimum absolute atomic E-state index is 0.0386. The fourth-order valence-electron chi connectivity index (χ4n) is 2.50. The third-order valence-electron chi connectivity index (χ3n) is 4.05. The molecule has 0 N–H and O–H groups in total. The summed E-state index contributed by atoms with van der Waals surface area (Å²) >= 11 is 0. The summed E-state index contributed by atoms with van der Waals surface area (Å²) in [6, 6.07) is 0.0386. The number of sulfonamides is 1. The summed E-state index contributed by atoms with van der Waals surface area (Å²) in [4.78, 5) is 6.65. The highest BCUT2D eigenvalue weighted by molar-refractivity contribution is 7.88. The fourth-order valence-corrected chi connectivity index (χ4v) is 3.33. The Labute approximate surface area is 119 Å². The van der Waals surface area contributed by atoms with Crippen LogP contribution in [-0.4, -0.2) is 60.2 Å². The van der Waals surface area contributed by atoms with Crippen LogP contribution in [0.1, 0.15) is 43.4 Å². The predicted molar refractivity (Wildman–Crippen MR) is 72.7 cm³/mol. The molecule has 2 fully saturated rings. The normalized spacial score (nSPS) is 23.9. The second kappa shape index (κ2) is 5.09. The van der Waals surface area contributed by atoms with Crippen molar-refractivity contribution in [3.05, 3.63) is 11.7 Å². The molecule has 112 valence electrons. The van der Waals surface area contributed by atoms with E-state index in [9.17, 15) is 8.42 Å². The predicted octanol–water partition coefficient (Wildman–Crippen LogP) is 0.585. The monoisotopic (exact) mass is 300 g/mol. The molecule has 0 bridgehead atoms. The summed E-state index contributed by atoms with van der Waals surface area (Å²) in [5.74, 6) is 1.95. The molecule has 1 unspecified atom stereocenters. The van der Waals surface area contributed by atoms with Crippen LogP contribution >= 0.6 is 0 Å². The first-order valence-electron chi connectivity index (χ1n) is 6.98. The van der Waals surface area contributed by atoms with Gasteiger partial charge in [-0.15, -0.1) is 0 Å². The van der Waals surface area contributed by atoms with Crippen LogP contribution in [0.3, 0.4) is 0 Å². The van der Waals surface area contributed by atoms with E-state index < -0.39 is 10.0 Å². The maximum Gasteiger partial charge on any atom is 0.243 e. The molecular formula is C12H20N4O3S. The number of nitrogens with zero attached hydrogens (tertiary/aromatic N) is 4. The summed E-state index contributed by atoms with van der Waals surface area (Å²) in [6.07, 6.45) is 3.56. The van der Waals surface area contributed by atoms with Crippen LogP contribution in [0.25, 0.3) is 0 Å². The second-order valence-electron chi connectivity index (χ2n) is 5.64. The number of hydrogen-bond donors (Lipinski definition) is 0. The molecular weight excluding hydrogens is 280 g/mol. The van der Waals surface area contributed by atoms with Crippen molar-refractivity contribution < 1.29 is 12.9 Å². The Hall–Kier alpha value is -0.990. The van der Waals surface area contributed by atoms with E-state index in [0.717, 1.165) is 18.7 Å². The number of hydrogen-bond acceptors (Lipinski definition) is 6. The molecule has 1 atom stereocenters. The highest BCUT2D eigenvalue weighted by Gasteiger charge is 2.32. The van der Waals surface area contributed by atoms with E-state index in [1.807, 2.05) is 6.92 Å². The zero-order valence-electron chi connectivity index (χ0n) is 11.8. The topological polar surface area (TPSA) is 79.5 Å². The maximum absolute atomic E-state index is 11.5. The van der Waals surface area contributed by atoms with E-state index in [2.05, 4.69) is 15.0 Å². The number of piperazine rings is 1. The summed E-state index contributed by atoms with van der Waals surface area (Å²) in [7, 11) is -3.08. The lowest BCUT2D eigenvalue weighted by Crippen LogP contribution is -2.48. The lowest BCUT2D eigenvalue weighted by molar-refractivity contribution is 0.124. The summed E-state index contributed by atoms with van der Waals surface area (Å²) < 4.78 is 29.8. The Balaban J connectivity index is 1.62. The molecule has 2 aliphatic rings. The average Bonchev–Trinajstić information content (AvgIpc) is 3.15. The van der Waals surface area contributed by atoms with Crippen molar-refractivity contribution in [1.82, 2.24) is 19.3 Å². The van der Waals surface area contributed by atoms with Crippen molar-refractivity contribution in [2.45, 2.75) is 31.7 Å². The Morgan fingerprint density at radius 1 is 1.25 bits per heavy atom. The van der Waals surface area contributed by atoms with Crippen LogP contribution in [0.5, 0.6) is 0 Å². The quantitative estimate of drug-likeness (QED) is 0.809. The molecule has 0 radical (unpaired) electrons. The Morgan fingerprint density at radius 3 is 2.45 bits per heavy atom. The van der Waals surface area contributed by atoms with Crippen molar-refractivity contribution >= 4 is 10.0 Å². The van der Waals surface area contributed by atoms with E-state index >= 15 is 0 Å². The van der Waals surface area contributed by atoms with Crippen LogP contribution in [0.2, 0.25) is 0 Å². The number of rotatable bonds is 4. The molecule has 1 saturated heterocycles. The Kier molecular flexibility index (Phi) is 3.55. The fraction of sp³-hybridized carbons (Fsp3) is 0.833. The summed E-state index contributed by atoms with van der Waals surface area (Å²) in [5.41, 5.74) is 0. The summed E-state index contributed by atoms with van der Waals surface area (Å²) in [6.45, 7) is 4.45. The first kappa shape index (κ1) is 14.0. The van der Waals surface area contributed by atoms with Gasteiger partial charge in [-0.3, -0.25) is 4.90 Å². The van der Waals surface area contributed by atoms with Crippen LogP contribution in [0.15, 0.2) is 4.52 Å². The molecule has 1 aliphatic heterocycles. The van der Waals surface area contributed by atoms with E-state index in [1.165, 1.54) is 10.6 Å². The Morgan fingerprint density at radius 2 is 1.90 bits per heavy atom. The van der Waals surface area contributed by atoms with E-state index in [0.29, 0.717) is 38.0 Å². The summed E-state index contributed by atoms with van der Waals surface area (Å²) in [5, 5.41) is 4.03. The standard InChI is InChI=1S/C12H20N4O3S/c1-9(12-13-11(14-19-12)10-3-4-10)15-5-7-16(8-6-15)20(2,17)18/h9-10H,3-8H2,1-2H3. The van der Waals surface area contributed by atoms with Crippen LogP contribution in [-0.2, 0) is 10.0 Å². The first-order valence-corrected chi connectivity index (χ1v) is 8.82. The molecule has 0 amide bonds. The van der Waals surface area contributed by atoms with Gasteiger partial charge >= 0.3 is 0 Å². The van der Waals surface area contributed by atoms with E-state index in [-0.39, 0.29) is 6.04 Å². The molecule has 0 spiro atoms. The van der Waals surface area contributed by atoms with Gasteiger partial charge in [0.05, 0.1) is 12.3 Å². The first-order chi connectivity index (χ1) is 9.45. The lowest BCUT2D eigenvalue weighted by Gasteiger charge is -2.35. The van der Waals surface area contributed by atoms with Crippen LogP contribution in [0.4, 0.5) is 0 Å². The zero-order valence-corrected chi connectivity index (χ0v) is 12.6. The van der Waals surface area contributed by atoms with Gasteiger partial charge < -0.3 is 4.52 Å². The molecule has 1 saturated carbocycles. The van der Waals surface area contributed by atoms with Gasteiger partial charge in [0, 0.05) is 32.1 Å². The SMILES string of the molecule is CC(c1nc(C2CC2)no1)N1CCN(S(C)(=O)=O)CC1. The third kappa shape index (κ3) is 2.87.